The summed E-state index contributed by atoms with van der Waals surface area (Å²) in [5.74, 6) is -0.113. The number of aromatic nitrogens is 2. The van der Waals surface area contributed by atoms with Crippen LogP contribution in [0.4, 0.5) is 6.01 Å². The van der Waals surface area contributed by atoms with Crippen LogP contribution in [0.3, 0.4) is 0 Å². The van der Waals surface area contributed by atoms with E-state index in [0.717, 1.165) is 32.1 Å². The molecule has 2 atom stereocenters. The third-order valence-corrected chi connectivity index (χ3v) is 7.36. The molecule has 0 spiro atoms. The van der Waals surface area contributed by atoms with Crippen molar-refractivity contribution in [1.82, 2.24) is 14.5 Å². The Bertz CT molecular complexity index is 967. The molecule has 9 nitrogen and oxygen atoms in total. The van der Waals surface area contributed by atoms with Gasteiger partial charge in [-0.1, -0.05) is 11.5 Å². The fourth-order valence-electron chi connectivity index (χ4n) is 3.70. The topological polar surface area (TPSA) is 115 Å². The lowest BCUT2D eigenvalue weighted by molar-refractivity contribution is 0.0893. The van der Waals surface area contributed by atoms with Gasteiger partial charge in [-0.25, -0.2) is 8.42 Å². The van der Waals surface area contributed by atoms with Crippen molar-refractivity contribution in [3.8, 4) is 0 Å². The number of amides is 1. The molecule has 1 N–H and O–H groups in total. The fourth-order valence-corrected chi connectivity index (χ4v) is 5.40. The first-order valence-electron chi connectivity index (χ1n) is 9.83. The molecule has 2 saturated heterocycles. The van der Waals surface area contributed by atoms with Gasteiger partial charge in [0.25, 0.3) is 5.91 Å². The minimum Gasteiger partial charge on any atom is -0.405 e. The smallest absolute Gasteiger partial charge is 0.322 e. The van der Waals surface area contributed by atoms with E-state index in [4.69, 9.17) is 9.15 Å². The van der Waals surface area contributed by atoms with Crippen LogP contribution >= 0.6 is 0 Å². The van der Waals surface area contributed by atoms with E-state index in [1.54, 1.807) is 0 Å². The molecule has 1 aromatic carbocycles. The maximum atomic E-state index is 12.9. The Morgan fingerprint density at radius 3 is 2.62 bits per heavy atom. The Balaban J connectivity index is 1.44. The van der Waals surface area contributed by atoms with Crippen LogP contribution in [-0.2, 0) is 14.8 Å². The minimum atomic E-state index is -3.57. The van der Waals surface area contributed by atoms with Crippen LogP contribution in [0, 0.1) is 0 Å². The second-order valence-electron chi connectivity index (χ2n) is 7.39. The molecule has 156 valence electrons. The molecule has 2 aliphatic rings. The molecule has 2 aromatic rings. The number of hydrogen-bond acceptors (Lipinski definition) is 7. The van der Waals surface area contributed by atoms with Gasteiger partial charge in [0.1, 0.15) is 6.10 Å². The van der Waals surface area contributed by atoms with Gasteiger partial charge in [0.2, 0.25) is 15.9 Å². The quantitative estimate of drug-likeness (QED) is 0.791. The highest BCUT2D eigenvalue weighted by molar-refractivity contribution is 7.89. The number of nitrogens with zero attached hydrogens (tertiary/aromatic N) is 3. The molecule has 29 heavy (non-hydrogen) atoms. The lowest BCUT2D eigenvalue weighted by atomic mass is 10.1. The Hall–Kier alpha value is -2.30. The standard InChI is InChI=1S/C19H24N4O5S/c1-13-5-2-3-11-23(13)29(25,26)15-9-7-14(8-10-15)17(24)20-19-22-21-18(28-19)16-6-4-12-27-16/h7-10,13,16H,2-6,11-12H2,1H3,(H,20,22,24)/t13-,16+/m0/s1. The van der Waals surface area contributed by atoms with Crippen LogP contribution in [0.25, 0.3) is 0 Å². The van der Waals surface area contributed by atoms with Gasteiger partial charge in [-0.2, -0.15) is 4.31 Å². The largest absolute Gasteiger partial charge is 0.405 e. The summed E-state index contributed by atoms with van der Waals surface area (Å²) >= 11 is 0. The number of carbonyl (C=O) groups excluding carboxylic acids is 1. The molecule has 1 amide bonds. The zero-order chi connectivity index (χ0) is 20.4. The fraction of sp³-hybridized carbons (Fsp3) is 0.526. The number of nitrogens with one attached hydrogen (secondary N) is 1. The van der Waals surface area contributed by atoms with Crippen LogP contribution in [0.5, 0.6) is 0 Å². The van der Waals surface area contributed by atoms with Crippen LogP contribution in [-0.4, -0.2) is 48.0 Å². The Kier molecular flexibility index (Phi) is 5.66. The average Bonchev–Trinajstić information content (AvgIpc) is 3.40. The first-order chi connectivity index (χ1) is 13.9. The Morgan fingerprint density at radius 1 is 1.14 bits per heavy atom. The number of benzene rings is 1. The summed E-state index contributed by atoms with van der Waals surface area (Å²) in [5, 5.41) is 10.3. The number of anilines is 1. The molecule has 0 saturated carbocycles. The zero-order valence-corrected chi connectivity index (χ0v) is 17.0. The number of carbonyl (C=O) groups is 1. The van der Waals surface area contributed by atoms with E-state index < -0.39 is 15.9 Å². The summed E-state index contributed by atoms with van der Waals surface area (Å²) in [6, 6.07) is 5.84. The number of piperidine rings is 1. The van der Waals surface area contributed by atoms with E-state index in [0.29, 0.717) is 24.6 Å². The Morgan fingerprint density at radius 2 is 1.93 bits per heavy atom. The van der Waals surface area contributed by atoms with E-state index in [-0.39, 0.29) is 23.1 Å². The summed E-state index contributed by atoms with van der Waals surface area (Å²) in [6.07, 6.45) is 4.27. The Labute approximate surface area is 169 Å². The molecule has 0 aliphatic carbocycles. The van der Waals surface area contributed by atoms with E-state index >= 15 is 0 Å². The lowest BCUT2D eigenvalue weighted by Gasteiger charge is -2.32. The number of ether oxygens (including phenoxy) is 1. The van der Waals surface area contributed by atoms with Crippen molar-refractivity contribution >= 4 is 21.9 Å². The van der Waals surface area contributed by atoms with Crippen LogP contribution in [0.15, 0.2) is 33.6 Å². The minimum absolute atomic E-state index is 0.0145. The highest BCUT2D eigenvalue weighted by Gasteiger charge is 2.31. The molecule has 1 aromatic heterocycles. The summed E-state index contributed by atoms with van der Waals surface area (Å²) in [7, 11) is -3.57. The number of sulfonamides is 1. The summed E-state index contributed by atoms with van der Waals surface area (Å²) < 4.78 is 38.2. The van der Waals surface area contributed by atoms with E-state index in [1.807, 2.05) is 6.92 Å². The number of hydrogen-bond donors (Lipinski definition) is 1. The predicted octanol–water partition coefficient (Wildman–Crippen LogP) is 2.74. The van der Waals surface area contributed by atoms with Crippen LogP contribution < -0.4 is 5.32 Å². The van der Waals surface area contributed by atoms with E-state index in [9.17, 15) is 13.2 Å². The third kappa shape index (κ3) is 4.19. The van der Waals surface area contributed by atoms with Crippen molar-refractivity contribution in [2.45, 2.75) is 56.1 Å². The van der Waals surface area contributed by atoms with Crippen LogP contribution in [0.1, 0.15) is 61.4 Å². The predicted molar refractivity (Wildman–Crippen MR) is 104 cm³/mol. The first kappa shape index (κ1) is 20.0. The van der Waals surface area contributed by atoms with E-state index in [2.05, 4.69) is 15.5 Å². The molecule has 0 unspecified atom stereocenters. The molecular formula is C19H24N4O5S. The zero-order valence-electron chi connectivity index (χ0n) is 16.2. The average molecular weight is 420 g/mol. The van der Waals surface area contributed by atoms with Crippen LogP contribution in [0.2, 0.25) is 0 Å². The molecule has 3 heterocycles. The first-order valence-corrected chi connectivity index (χ1v) is 11.3. The molecule has 2 aliphatic heterocycles. The highest BCUT2D eigenvalue weighted by atomic mass is 32.2. The molecule has 0 bridgehead atoms. The van der Waals surface area contributed by atoms with Gasteiger partial charge in [0, 0.05) is 24.8 Å². The van der Waals surface area contributed by atoms with Gasteiger partial charge in [-0.3, -0.25) is 10.1 Å². The normalized spacial score (nSPS) is 23.2. The lowest BCUT2D eigenvalue weighted by Crippen LogP contribution is -2.41. The van der Waals surface area contributed by atoms with Crippen molar-refractivity contribution in [3.05, 3.63) is 35.7 Å². The SMILES string of the molecule is C[C@H]1CCCCN1S(=O)(=O)c1ccc(C(=O)Nc2nnc([C@H]3CCCO3)o2)cc1. The van der Waals surface area contributed by atoms with E-state index in [1.165, 1.54) is 28.6 Å². The van der Waals surface area contributed by atoms with Crippen molar-refractivity contribution in [2.75, 3.05) is 18.5 Å². The molecule has 4 rings (SSSR count). The molecule has 0 radical (unpaired) electrons. The van der Waals surface area contributed by atoms with Gasteiger partial charge in [-0.15, -0.1) is 5.10 Å². The second-order valence-corrected chi connectivity index (χ2v) is 9.28. The number of rotatable bonds is 5. The summed E-state index contributed by atoms with van der Waals surface area (Å²) in [4.78, 5) is 12.6. The highest BCUT2D eigenvalue weighted by Crippen LogP contribution is 2.28. The van der Waals surface area contributed by atoms with Gasteiger partial charge in [-0.05, 0) is 56.9 Å². The van der Waals surface area contributed by atoms with Gasteiger partial charge < -0.3 is 9.15 Å². The monoisotopic (exact) mass is 420 g/mol. The van der Waals surface area contributed by atoms with Crippen molar-refractivity contribution in [1.29, 1.82) is 0 Å². The van der Waals surface area contributed by atoms with Crippen molar-refractivity contribution < 1.29 is 22.4 Å². The maximum absolute atomic E-state index is 12.9. The molecular weight excluding hydrogens is 396 g/mol. The van der Waals surface area contributed by atoms with Crippen molar-refractivity contribution in [3.63, 3.8) is 0 Å². The maximum Gasteiger partial charge on any atom is 0.322 e. The van der Waals surface area contributed by atoms with Gasteiger partial charge >= 0.3 is 6.01 Å². The summed E-state index contributed by atoms with van der Waals surface area (Å²) in [5.41, 5.74) is 0.299. The molecule has 2 fully saturated rings. The molecule has 10 heteroatoms. The van der Waals surface area contributed by atoms with Crippen molar-refractivity contribution in [2.24, 2.45) is 0 Å². The van der Waals surface area contributed by atoms with Gasteiger partial charge in [0.15, 0.2) is 0 Å². The van der Waals surface area contributed by atoms with Gasteiger partial charge in [0.05, 0.1) is 4.90 Å². The summed E-state index contributed by atoms with van der Waals surface area (Å²) in [6.45, 7) is 3.10. The third-order valence-electron chi connectivity index (χ3n) is 5.33. The second kappa shape index (κ2) is 8.21.